The number of nitrogens with one attached hydrogen (secondary N) is 2. The minimum atomic E-state index is -0.677. The van der Waals surface area contributed by atoms with Crippen molar-refractivity contribution in [1.82, 2.24) is 0 Å². The Bertz CT molecular complexity index is 839. The number of nitrogens with zero attached hydrogens (tertiary/aromatic N) is 1. The van der Waals surface area contributed by atoms with Crippen molar-refractivity contribution in [2.45, 2.75) is 6.92 Å². The molecule has 0 aliphatic heterocycles. The Kier molecular flexibility index (Phi) is 5.38. The number of benzene rings is 2. The first-order valence-electron chi connectivity index (χ1n) is 6.60. The zero-order valence-electron chi connectivity index (χ0n) is 12.3. The summed E-state index contributed by atoms with van der Waals surface area (Å²) in [4.78, 5) is 33.5. The molecule has 2 N–H and O–H groups in total. The third kappa shape index (κ3) is 4.21. The highest BCUT2D eigenvalue weighted by atomic mass is 35.5. The number of amides is 2. The molecule has 0 saturated carbocycles. The minimum Gasteiger partial charge on any atom is -0.326 e. The molecular weight excluding hydrogens is 357 g/mol. The van der Waals surface area contributed by atoms with Gasteiger partial charge in [-0.3, -0.25) is 19.7 Å². The van der Waals surface area contributed by atoms with Crippen molar-refractivity contribution in [2.75, 3.05) is 10.6 Å². The van der Waals surface area contributed by atoms with Gasteiger partial charge >= 0.3 is 0 Å². The van der Waals surface area contributed by atoms with Gasteiger partial charge in [-0.1, -0.05) is 23.2 Å². The summed E-state index contributed by atoms with van der Waals surface area (Å²) in [6, 6.07) is 8.26. The SMILES string of the molecule is CC(=O)Nc1ccc(Cl)c(NC(=O)c2ccc(Cl)c([N+](=O)[O-])c2)c1. The Morgan fingerprint density at radius 2 is 1.71 bits per heavy atom. The second-order valence-electron chi connectivity index (χ2n) is 4.75. The maximum Gasteiger partial charge on any atom is 0.288 e. The first-order chi connectivity index (χ1) is 11.3. The highest BCUT2D eigenvalue weighted by Gasteiger charge is 2.17. The van der Waals surface area contributed by atoms with E-state index in [-0.39, 0.29) is 32.9 Å². The topological polar surface area (TPSA) is 101 Å². The molecule has 2 rings (SSSR count). The van der Waals surface area contributed by atoms with Gasteiger partial charge in [-0.15, -0.1) is 0 Å². The highest BCUT2D eigenvalue weighted by Crippen LogP contribution is 2.28. The van der Waals surface area contributed by atoms with Crippen LogP contribution in [0.2, 0.25) is 10.0 Å². The lowest BCUT2D eigenvalue weighted by atomic mass is 10.2. The summed E-state index contributed by atoms with van der Waals surface area (Å²) < 4.78 is 0. The molecule has 0 unspecified atom stereocenters. The summed E-state index contributed by atoms with van der Waals surface area (Å²) >= 11 is 11.7. The van der Waals surface area contributed by atoms with E-state index in [4.69, 9.17) is 23.2 Å². The van der Waals surface area contributed by atoms with Crippen molar-refractivity contribution < 1.29 is 14.5 Å². The van der Waals surface area contributed by atoms with Gasteiger partial charge in [0.05, 0.1) is 15.6 Å². The molecule has 0 heterocycles. The Labute approximate surface area is 146 Å². The zero-order valence-corrected chi connectivity index (χ0v) is 13.8. The summed E-state index contributed by atoms with van der Waals surface area (Å²) in [7, 11) is 0. The van der Waals surface area contributed by atoms with E-state index in [9.17, 15) is 19.7 Å². The molecule has 2 amide bonds. The van der Waals surface area contributed by atoms with Gasteiger partial charge in [-0.2, -0.15) is 0 Å². The van der Waals surface area contributed by atoms with Crippen molar-refractivity contribution in [3.8, 4) is 0 Å². The molecule has 0 saturated heterocycles. The van der Waals surface area contributed by atoms with Gasteiger partial charge in [0.25, 0.3) is 11.6 Å². The van der Waals surface area contributed by atoms with Crippen LogP contribution in [0.5, 0.6) is 0 Å². The van der Waals surface area contributed by atoms with E-state index in [1.165, 1.54) is 31.2 Å². The second-order valence-corrected chi connectivity index (χ2v) is 5.57. The van der Waals surface area contributed by atoms with Crippen molar-refractivity contribution >= 4 is 52.1 Å². The third-order valence-corrected chi connectivity index (χ3v) is 3.59. The van der Waals surface area contributed by atoms with Crippen LogP contribution >= 0.6 is 23.2 Å². The van der Waals surface area contributed by atoms with Crippen LogP contribution in [0, 0.1) is 10.1 Å². The Morgan fingerprint density at radius 3 is 2.33 bits per heavy atom. The van der Waals surface area contributed by atoms with Crippen LogP contribution in [0.25, 0.3) is 0 Å². The molecule has 124 valence electrons. The minimum absolute atomic E-state index is 0.0482. The maximum atomic E-state index is 12.3. The molecule has 0 bridgehead atoms. The third-order valence-electron chi connectivity index (χ3n) is 2.94. The molecule has 24 heavy (non-hydrogen) atoms. The molecule has 9 heteroatoms. The quantitative estimate of drug-likeness (QED) is 0.626. The van der Waals surface area contributed by atoms with E-state index in [1.807, 2.05) is 0 Å². The van der Waals surface area contributed by atoms with Crippen LogP contribution in [0.1, 0.15) is 17.3 Å². The number of hydrogen-bond acceptors (Lipinski definition) is 4. The Hall–Kier alpha value is -2.64. The summed E-state index contributed by atoms with van der Waals surface area (Å²) in [6.07, 6.45) is 0. The number of rotatable bonds is 4. The number of nitro groups is 1. The standard InChI is InChI=1S/C15H11Cl2N3O4/c1-8(21)18-10-3-5-11(16)13(7-10)19-15(22)9-2-4-12(17)14(6-9)20(23)24/h2-7H,1H3,(H,18,21)(H,19,22). The smallest absolute Gasteiger partial charge is 0.288 e. The van der Waals surface area contributed by atoms with Gasteiger partial charge in [-0.05, 0) is 30.3 Å². The monoisotopic (exact) mass is 367 g/mol. The number of anilines is 2. The van der Waals surface area contributed by atoms with E-state index >= 15 is 0 Å². The van der Waals surface area contributed by atoms with E-state index in [2.05, 4.69) is 10.6 Å². The fraction of sp³-hybridized carbons (Fsp3) is 0.0667. The van der Waals surface area contributed by atoms with Crippen molar-refractivity contribution in [2.24, 2.45) is 0 Å². The number of hydrogen-bond donors (Lipinski definition) is 2. The predicted molar refractivity (Wildman–Crippen MR) is 91.8 cm³/mol. The first-order valence-corrected chi connectivity index (χ1v) is 7.36. The van der Waals surface area contributed by atoms with Crippen LogP contribution in [0.4, 0.5) is 17.1 Å². The van der Waals surface area contributed by atoms with Gasteiger partial charge in [-0.25, -0.2) is 0 Å². The van der Waals surface area contributed by atoms with Crippen LogP contribution in [-0.2, 0) is 4.79 Å². The number of nitro benzene ring substituents is 1. The first kappa shape index (κ1) is 17.7. The molecule has 0 atom stereocenters. The molecule has 0 aliphatic carbocycles. The molecule has 0 fully saturated rings. The predicted octanol–water partition coefficient (Wildman–Crippen LogP) is 4.11. The van der Waals surface area contributed by atoms with Gasteiger partial charge in [0.2, 0.25) is 5.91 Å². The van der Waals surface area contributed by atoms with Gasteiger partial charge in [0.15, 0.2) is 0 Å². The van der Waals surface area contributed by atoms with Gasteiger partial charge < -0.3 is 10.6 Å². The molecule has 2 aromatic rings. The van der Waals surface area contributed by atoms with Crippen molar-refractivity contribution in [1.29, 1.82) is 0 Å². The normalized spacial score (nSPS) is 10.1. The van der Waals surface area contributed by atoms with Crippen molar-refractivity contribution in [3.63, 3.8) is 0 Å². The van der Waals surface area contributed by atoms with Gasteiger partial charge in [0, 0.05) is 24.2 Å². The van der Waals surface area contributed by atoms with Crippen LogP contribution < -0.4 is 10.6 Å². The molecule has 0 radical (unpaired) electrons. The number of carbonyl (C=O) groups excluding carboxylic acids is 2. The molecular formula is C15H11Cl2N3O4. The Balaban J connectivity index is 2.28. The molecule has 2 aromatic carbocycles. The second kappa shape index (κ2) is 7.29. The highest BCUT2D eigenvalue weighted by molar-refractivity contribution is 6.34. The van der Waals surface area contributed by atoms with Crippen molar-refractivity contribution in [3.05, 3.63) is 62.1 Å². The molecule has 7 nitrogen and oxygen atoms in total. The average Bonchev–Trinajstić information content (AvgIpc) is 2.50. The Morgan fingerprint density at radius 1 is 1.04 bits per heavy atom. The summed E-state index contributed by atoms with van der Waals surface area (Å²) in [5.41, 5.74) is 0.379. The van der Waals surface area contributed by atoms with E-state index in [1.54, 1.807) is 6.07 Å². The summed E-state index contributed by atoms with van der Waals surface area (Å²) in [5, 5.41) is 16.2. The summed E-state index contributed by atoms with van der Waals surface area (Å²) in [5.74, 6) is -0.875. The largest absolute Gasteiger partial charge is 0.326 e. The maximum absolute atomic E-state index is 12.3. The van der Waals surface area contributed by atoms with Gasteiger partial charge in [0.1, 0.15) is 5.02 Å². The lowest BCUT2D eigenvalue weighted by Gasteiger charge is -2.10. The number of carbonyl (C=O) groups is 2. The van der Waals surface area contributed by atoms with Crippen LogP contribution in [-0.4, -0.2) is 16.7 Å². The summed E-state index contributed by atoms with van der Waals surface area (Å²) in [6.45, 7) is 1.35. The molecule has 0 aliphatic rings. The van der Waals surface area contributed by atoms with E-state index in [0.717, 1.165) is 6.07 Å². The van der Waals surface area contributed by atoms with E-state index in [0.29, 0.717) is 5.69 Å². The molecule has 0 aromatic heterocycles. The van der Waals surface area contributed by atoms with Crippen LogP contribution in [0.15, 0.2) is 36.4 Å². The average molecular weight is 368 g/mol. The molecule has 0 spiro atoms. The van der Waals surface area contributed by atoms with E-state index < -0.39 is 10.8 Å². The fourth-order valence-electron chi connectivity index (χ4n) is 1.89. The zero-order chi connectivity index (χ0) is 17.9. The fourth-order valence-corrected chi connectivity index (χ4v) is 2.24. The van der Waals surface area contributed by atoms with Crippen LogP contribution in [0.3, 0.4) is 0 Å². The lowest BCUT2D eigenvalue weighted by molar-refractivity contribution is -0.384. The number of halogens is 2. The lowest BCUT2D eigenvalue weighted by Crippen LogP contribution is -2.13.